The predicted molar refractivity (Wildman–Crippen MR) is 83.9 cm³/mol. The maximum Gasteiger partial charge on any atom is 0.118 e. The first-order valence-electron chi connectivity index (χ1n) is 7.64. The molecule has 20 heavy (non-hydrogen) atoms. The second-order valence-corrected chi connectivity index (χ2v) is 6.33. The van der Waals surface area contributed by atoms with E-state index in [4.69, 9.17) is 10.5 Å². The van der Waals surface area contributed by atoms with Crippen molar-refractivity contribution in [2.24, 2.45) is 11.7 Å². The van der Waals surface area contributed by atoms with Crippen molar-refractivity contribution >= 4 is 0 Å². The molecular formula is C17H28N2O. The van der Waals surface area contributed by atoms with Gasteiger partial charge in [0, 0.05) is 18.6 Å². The topological polar surface area (TPSA) is 38.5 Å². The molecule has 0 aliphatic heterocycles. The molecule has 0 radical (unpaired) electrons. The molecule has 0 amide bonds. The lowest BCUT2D eigenvalue weighted by Gasteiger charge is -2.46. The van der Waals surface area contributed by atoms with Gasteiger partial charge in [-0.15, -0.1) is 0 Å². The number of nitrogens with zero attached hydrogens (tertiary/aromatic N) is 1. The Labute approximate surface area is 123 Å². The summed E-state index contributed by atoms with van der Waals surface area (Å²) in [5.74, 6) is 1.70. The van der Waals surface area contributed by atoms with Crippen LogP contribution in [0.15, 0.2) is 24.3 Å². The van der Waals surface area contributed by atoms with Crippen molar-refractivity contribution in [2.75, 3.05) is 20.7 Å². The van der Waals surface area contributed by atoms with E-state index in [9.17, 15) is 0 Å². The minimum absolute atomic E-state index is 0.178. The number of hydrogen-bond acceptors (Lipinski definition) is 3. The Morgan fingerprint density at radius 1 is 1.35 bits per heavy atom. The number of hydrogen-bond donors (Lipinski definition) is 1. The van der Waals surface area contributed by atoms with Crippen molar-refractivity contribution in [3.63, 3.8) is 0 Å². The molecule has 112 valence electrons. The van der Waals surface area contributed by atoms with E-state index in [0.717, 1.165) is 24.8 Å². The molecule has 1 aromatic rings. The first-order chi connectivity index (χ1) is 9.59. The summed E-state index contributed by atoms with van der Waals surface area (Å²) in [5.41, 5.74) is 7.64. The monoisotopic (exact) mass is 276 g/mol. The van der Waals surface area contributed by atoms with Crippen LogP contribution >= 0.6 is 0 Å². The van der Waals surface area contributed by atoms with E-state index < -0.39 is 0 Å². The van der Waals surface area contributed by atoms with Crippen LogP contribution in [0.25, 0.3) is 0 Å². The second-order valence-electron chi connectivity index (χ2n) is 6.33. The SMILES string of the molecule is COc1ccc(CN(C)C2(CN)CCCC(C)C2)cc1. The maximum atomic E-state index is 6.14. The number of ether oxygens (including phenoxy) is 1. The number of methoxy groups -OCH3 is 1. The standard InChI is InChI=1S/C17H28N2O/c1-14-5-4-10-17(11-14,13-18)19(2)12-15-6-8-16(20-3)9-7-15/h6-9,14H,4-5,10-13,18H2,1-3H3. The summed E-state index contributed by atoms with van der Waals surface area (Å²) >= 11 is 0. The molecule has 2 unspecified atom stereocenters. The van der Waals surface area contributed by atoms with Gasteiger partial charge in [-0.2, -0.15) is 0 Å². The lowest BCUT2D eigenvalue weighted by molar-refractivity contribution is 0.0554. The Hall–Kier alpha value is -1.06. The molecule has 3 nitrogen and oxygen atoms in total. The van der Waals surface area contributed by atoms with E-state index in [-0.39, 0.29) is 5.54 Å². The lowest BCUT2D eigenvalue weighted by atomic mass is 9.75. The highest BCUT2D eigenvalue weighted by molar-refractivity contribution is 5.27. The van der Waals surface area contributed by atoms with Crippen LogP contribution in [0.5, 0.6) is 5.75 Å². The summed E-state index contributed by atoms with van der Waals surface area (Å²) in [7, 11) is 3.92. The number of rotatable bonds is 5. The fraction of sp³-hybridized carbons (Fsp3) is 0.647. The Morgan fingerprint density at radius 2 is 2.05 bits per heavy atom. The normalized spacial score (nSPS) is 26.8. The van der Waals surface area contributed by atoms with Crippen molar-refractivity contribution in [3.8, 4) is 5.75 Å². The minimum Gasteiger partial charge on any atom is -0.497 e. The van der Waals surface area contributed by atoms with Crippen LogP contribution in [0, 0.1) is 5.92 Å². The molecule has 0 heterocycles. The summed E-state index contributed by atoms with van der Waals surface area (Å²) in [6.45, 7) is 4.06. The van der Waals surface area contributed by atoms with Crippen LogP contribution < -0.4 is 10.5 Å². The number of likely N-dealkylation sites (N-methyl/N-ethyl adjacent to an activating group) is 1. The molecule has 0 bridgehead atoms. The fourth-order valence-electron chi connectivity index (χ4n) is 3.49. The van der Waals surface area contributed by atoms with Crippen molar-refractivity contribution < 1.29 is 4.74 Å². The predicted octanol–water partition coefficient (Wildman–Crippen LogP) is 3.03. The van der Waals surface area contributed by atoms with E-state index >= 15 is 0 Å². The van der Waals surface area contributed by atoms with E-state index in [2.05, 4.69) is 31.0 Å². The molecule has 0 aromatic heterocycles. The van der Waals surface area contributed by atoms with Gasteiger partial charge >= 0.3 is 0 Å². The average molecular weight is 276 g/mol. The minimum atomic E-state index is 0.178. The molecule has 1 saturated carbocycles. The third-order valence-corrected chi connectivity index (χ3v) is 4.84. The van der Waals surface area contributed by atoms with Crippen molar-refractivity contribution in [1.29, 1.82) is 0 Å². The summed E-state index contributed by atoms with van der Waals surface area (Å²) in [6.07, 6.45) is 5.08. The molecule has 1 fully saturated rings. The van der Waals surface area contributed by atoms with Crippen LogP contribution in [0.1, 0.15) is 38.2 Å². The van der Waals surface area contributed by atoms with Crippen LogP contribution in [-0.4, -0.2) is 31.1 Å². The molecule has 3 heteroatoms. The Bertz CT molecular complexity index is 418. The zero-order valence-corrected chi connectivity index (χ0v) is 13.1. The highest BCUT2D eigenvalue weighted by Crippen LogP contribution is 2.36. The fourth-order valence-corrected chi connectivity index (χ4v) is 3.49. The Morgan fingerprint density at radius 3 is 2.60 bits per heavy atom. The first-order valence-corrected chi connectivity index (χ1v) is 7.64. The summed E-state index contributed by atoms with van der Waals surface area (Å²) < 4.78 is 5.21. The van der Waals surface area contributed by atoms with Crippen LogP contribution in [0.4, 0.5) is 0 Å². The highest BCUT2D eigenvalue weighted by Gasteiger charge is 2.37. The lowest BCUT2D eigenvalue weighted by Crippen LogP contribution is -2.54. The summed E-state index contributed by atoms with van der Waals surface area (Å²) in [6, 6.07) is 8.35. The zero-order valence-electron chi connectivity index (χ0n) is 13.1. The summed E-state index contributed by atoms with van der Waals surface area (Å²) in [4.78, 5) is 2.46. The molecule has 2 N–H and O–H groups in total. The highest BCUT2D eigenvalue weighted by atomic mass is 16.5. The smallest absolute Gasteiger partial charge is 0.118 e. The van der Waals surface area contributed by atoms with Gasteiger partial charge in [-0.1, -0.05) is 31.9 Å². The van der Waals surface area contributed by atoms with E-state index in [1.807, 2.05) is 12.1 Å². The van der Waals surface area contributed by atoms with Crippen LogP contribution in [0.2, 0.25) is 0 Å². The van der Waals surface area contributed by atoms with Crippen molar-refractivity contribution in [2.45, 2.75) is 44.7 Å². The Kier molecular flexibility index (Phi) is 5.06. The van der Waals surface area contributed by atoms with E-state index in [0.29, 0.717) is 0 Å². The largest absolute Gasteiger partial charge is 0.497 e. The average Bonchev–Trinajstić information content (AvgIpc) is 2.47. The molecule has 1 aliphatic carbocycles. The van der Waals surface area contributed by atoms with E-state index in [1.165, 1.54) is 31.2 Å². The molecule has 2 rings (SSSR count). The third kappa shape index (κ3) is 3.33. The molecule has 1 aliphatic rings. The van der Waals surface area contributed by atoms with E-state index in [1.54, 1.807) is 7.11 Å². The summed E-state index contributed by atoms with van der Waals surface area (Å²) in [5, 5.41) is 0. The van der Waals surface area contributed by atoms with Crippen molar-refractivity contribution in [1.82, 2.24) is 4.90 Å². The van der Waals surface area contributed by atoms with Gasteiger partial charge in [-0.05, 0) is 43.5 Å². The molecular weight excluding hydrogens is 248 g/mol. The molecule has 0 saturated heterocycles. The second kappa shape index (κ2) is 6.59. The quantitative estimate of drug-likeness (QED) is 0.898. The van der Waals surface area contributed by atoms with Gasteiger partial charge in [0.1, 0.15) is 5.75 Å². The Balaban J connectivity index is 2.06. The zero-order chi connectivity index (χ0) is 14.6. The van der Waals surface area contributed by atoms with Crippen LogP contribution in [0.3, 0.4) is 0 Å². The van der Waals surface area contributed by atoms with Gasteiger partial charge in [-0.25, -0.2) is 0 Å². The van der Waals surface area contributed by atoms with Gasteiger partial charge < -0.3 is 10.5 Å². The third-order valence-electron chi connectivity index (χ3n) is 4.84. The molecule has 1 aromatic carbocycles. The van der Waals surface area contributed by atoms with Gasteiger partial charge in [0.05, 0.1) is 7.11 Å². The maximum absolute atomic E-state index is 6.14. The van der Waals surface area contributed by atoms with Gasteiger partial charge in [0.25, 0.3) is 0 Å². The number of nitrogens with two attached hydrogens (primary N) is 1. The first kappa shape index (κ1) is 15.3. The number of benzene rings is 1. The van der Waals surface area contributed by atoms with Crippen LogP contribution in [-0.2, 0) is 6.54 Å². The van der Waals surface area contributed by atoms with Gasteiger partial charge in [0.15, 0.2) is 0 Å². The van der Waals surface area contributed by atoms with Crippen molar-refractivity contribution in [3.05, 3.63) is 29.8 Å². The van der Waals surface area contributed by atoms with Gasteiger partial charge in [-0.3, -0.25) is 4.90 Å². The molecule has 0 spiro atoms. The van der Waals surface area contributed by atoms with Gasteiger partial charge in [0.2, 0.25) is 0 Å². The molecule has 2 atom stereocenters.